The Morgan fingerprint density at radius 3 is 2.14 bits per heavy atom. The minimum absolute atomic E-state index is 0.292. The third-order valence-electron chi connectivity index (χ3n) is 4.41. The van der Waals surface area contributed by atoms with Crippen molar-refractivity contribution < 1.29 is 18.4 Å². The minimum atomic E-state index is -0.976. The Hall–Kier alpha value is -2.96. The van der Waals surface area contributed by atoms with E-state index in [1.165, 1.54) is 6.07 Å². The summed E-state index contributed by atoms with van der Waals surface area (Å²) >= 11 is 0. The maximum Gasteiger partial charge on any atom is 0.257 e. The molecule has 0 heterocycles. The number of carbonyl (C=O) groups is 2. The average molecular weight is 389 g/mol. The van der Waals surface area contributed by atoms with E-state index in [1.807, 2.05) is 38.1 Å². The van der Waals surface area contributed by atoms with E-state index < -0.39 is 35.1 Å². The van der Waals surface area contributed by atoms with Gasteiger partial charge >= 0.3 is 0 Å². The zero-order valence-corrected chi connectivity index (χ0v) is 16.6. The summed E-state index contributed by atoms with van der Waals surface area (Å²) in [5, 5.41) is 5.23. The summed E-state index contributed by atoms with van der Waals surface area (Å²) in [7, 11) is 3.83. The minimum Gasteiger partial charge on any atom is -0.378 e. The van der Waals surface area contributed by atoms with Gasteiger partial charge in [0.1, 0.15) is 23.2 Å². The smallest absolute Gasteiger partial charge is 0.257 e. The molecule has 0 bridgehead atoms. The molecule has 0 aliphatic rings. The van der Waals surface area contributed by atoms with Gasteiger partial charge in [0.25, 0.3) is 5.91 Å². The van der Waals surface area contributed by atoms with Crippen molar-refractivity contribution in [2.75, 3.05) is 24.3 Å². The molecule has 0 saturated carbocycles. The third kappa shape index (κ3) is 4.85. The molecule has 0 spiro atoms. The van der Waals surface area contributed by atoms with Crippen LogP contribution >= 0.6 is 0 Å². The highest BCUT2D eigenvalue weighted by molar-refractivity contribution is 6.01. The van der Waals surface area contributed by atoms with E-state index in [1.54, 1.807) is 19.9 Å². The number of nitrogens with one attached hydrogen (secondary N) is 2. The van der Waals surface area contributed by atoms with E-state index in [-0.39, 0.29) is 5.92 Å². The lowest BCUT2D eigenvalue weighted by Gasteiger charge is -2.23. The van der Waals surface area contributed by atoms with Gasteiger partial charge in [0.15, 0.2) is 0 Å². The van der Waals surface area contributed by atoms with Crippen molar-refractivity contribution in [3.63, 3.8) is 0 Å². The molecular weight excluding hydrogens is 364 g/mol. The summed E-state index contributed by atoms with van der Waals surface area (Å²) in [5.74, 6) is -3.67. The SMILES string of the molecule is Cc1cc(N(C)C)ccc1NC(=O)C(NC(=O)c1c(F)cccc1F)C(C)C. The van der Waals surface area contributed by atoms with Crippen LogP contribution in [0.1, 0.15) is 29.8 Å². The van der Waals surface area contributed by atoms with E-state index in [9.17, 15) is 18.4 Å². The molecule has 2 aromatic rings. The lowest BCUT2D eigenvalue weighted by atomic mass is 10.0. The molecule has 2 N–H and O–H groups in total. The molecule has 0 saturated heterocycles. The van der Waals surface area contributed by atoms with Crippen LogP contribution in [0.5, 0.6) is 0 Å². The Labute approximate surface area is 163 Å². The topological polar surface area (TPSA) is 61.4 Å². The Bertz CT molecular complexity index is 862. The molecule has 2 rings (SSSR count). The summed E-state index contributed by atoms with van der Waals surface area (Å²) < 4.78 is 27.7. The monoisotopic (exact) mass is 389 g/mol. The fourth-order valence-electron chi connectivity index (χ4n) is 2.74. The predicted molar refractivity (Wildman–Crippen MR) is 107 cm³/mol. The number of halogens is 2. The number of nitrogens with zero attached hydrogens (tertiary/aromatic N) is 1. The van der Waals surface area contributed by atoms with Crippen LogP contribution in [0.3, 0.4) is 0 Å². The summed E-state index contributed by atoms with van der Waals surface area (Å²) in [6, 6.07) is 7.77. The molecule has 0 aliphatic carbocycles. The number of amides is 2. The van der Waals surface area contributed by atoms with Crippen molar-refractivity contribution in [2.45, 2.75) is 26.8 Å². The second-order valence-corrected chi connectivity index (χ2v) is 7.17. The molecule has 1 atom stereocenters. The number of rotatable bonds is 6. The fourth-order valence-corrected chi connectivity index (χ4v) is 2.74. The predicted octanol–water partition coefficient (Wildman–Crippen LogP) is 3.73. The highest BCUT2D eigenvalue weighted by Gasteiger charge is 2.27. The molecule has 7 heteroatoms. The lowest BCUT2D eigenvalue weighted by molar-refractivity contribution is -0.118. The van der Waals surface area contributed by atoms with E-state index in [0.29, 0.717) is 5.69 Å². The lowest BCUT2D eigenvalue weighted by Crippen LogP contribution is -2.47. The highest BCUT2D eigenvalue weighted by atomic mass is 19.1. The standard InChI is InChI=1S/C21H25F2N3O2/c1-12(2)19(25-20(27)18-15(22)7-6-8-16(18)23)21(28)24-17-10-9-14(26(4)5)11-13(17)3/h6-12,19H,1-5H3,(H,24,28)(H,25,27). The van der Waals surface area contributed by atoms with Crippen molar-refractivity contribution in [2.24, 2.45) is 5.92 Å². The first kappa shape index (κ1) is 21.3. The van der Waals surface area contributed by atoms with Crippen LogP contribution in [0.2, 0.25) is 0 Å². The van der Waals surface area contributed by atoms with Crippen LogP contribution in [0.4, 0.5) is 20.2 Å². The average Bonchev–Trinajstić information content (AvgIpc) is 2.60. The summed E-state index contributed by atoms with van der Waals surface area (Å²) in [5.41, 5.74) is 1.74. The van der Waals surface area contributed by atoms with Crippen LogP contribution in [0.25, 0.3) is 0 Å². The zero-order valence-electron chi connectivity index (χ0n) is 16.6. The first-order valence-corrected chi connectivity index (χ1v) is 8.95. The van der Waals surface area contributed by atoms with Crippen molar-refractivity contribution in [1.29, 1.82) is 0 Å². The first-order chi connectivity index (χ1) is 13.1. The molecular formula is C21H25F2N3O2. The van der Waals surface area contributed by atoms with Gasteiger partial charge in [-0.1, -0.05) is 19.9 Å². The van der Waals surface area contributed by atoms with Crippen molar-refractivity contribution in [3.8, 4) is 0 Å². The molecule has 0 fully saturated rings. The molecule has 28 heavy (non-hydrogen) atoms. The molecule has 0 radical (unpaired) electrons. The highest BCUT2D eigenvalue weighted by Crippen LogP contribution is 2.22. The summed E-state index contributed by atoms with van der Waals surface area (Å²) in [6.07, 6.45) is 0. The van der Waals surface area contributed by atoms with Gasteiger partial charge in [-0.2, -0.15) is 0 Å². The van der Waals surface area contributed by atoms with Gasteiger partial charge in [0.05, 0.1) is 0 Å². The maximum atomic E-state index is 13.9. The van der Waals surface area contributed by atoms with E-state index in [0.717, 1.165) is 23.4 Å². The zero-order chi connectivity index (χ0) is 21.0. The Morgan fingerprint density at radius 2 is 1.64 bits per heavy atom. The van der Waals surface area contributed by atoms with Crippen LogP contribution in [0, 0.1) is 24.5 Å². The van der Waals surface area contributed by atoms with Crippen molar-refractivity contribution in [3.05, 3.63) is 59.2 Å². The number of carbonyl (C=O) groups excluding carboxylic acids is 2. The molecule has 0 aliphatic heterocycles. The number of aryl methyl sites for hydroxylation is 1. The van der Waals surface area contributed by atoms with Gasteiger partial charge in [-0.15, -0.1) is 0 Å². The first-order valence-electron chi connectivity index (χ1n) is 8.95. The molecule has 2 aromatic carbocycles. The molecule has 2 amide bonds. The quantitative estimate of drug-likeness (QED) is 0.791. The second kappa shape index (κ2) is 8.82. The van der Waals surface area contributed by atoms with E-state index in [2.05, 4.69) is 10.6 Å². The molecule has 0 aromatic heterocycles. The van der Waals surface area contributed by atoms with Crippen molar-refractivity contribution in [1.82, 2.24) is 5.32 Å². The summed E-state index contributed by atoms with van der Waals surface area (Å²) in [4.78, 5) is 27.0. The Morgan fingerprint density at radius 1 is 1.04 bits per heavy atom. The fraction of sp³-hybridized carbons (Fsp3) is 0.333. The number of hydrogen-bond donors (Lipinski definition) is 2. The number of anilines is 2. The third-order valence-corrected chi connectivity index (χ3v) is 4.41. The van der Waals surface area contributed by atoms with Gasteiger partial charge in [0, 0.05) is 25.5 Å². The second-order valence-electron chi connectivity index (χ2n) is 7.17. The van der Waals surface area contributed by atoms with Crippen LogP contribution in [0.15, 0.2) is 36.4 Å². The van der Waals surface area contributed by atoms with Crippen molar-refractivity contribution >= 4 is 23.2 Å². The number of benzene rings is 2. The molecule has 5 nitrogen and oxygen atoms in total. The molecule has 1 unspecified atom stereocenters. The Balaban J connectivity index is 2.20. The molecule has 150 valence electrons. The van der Waals surface area contributed by atoms with Gasteiger partial charge < -0.3 is 15.5 Å². The largest absolute Gasteiger partial charge is 0.378 e. The normalized spacial score (nSPS) is 11.9. The van der Waals surface area contributed by atoms with E-state index >= 15 is 0 Å². The Kier molecular flexibility index (Phi) is 6.72. The van der Waals surface area contributed by atoms with Gasteiger partial charge in [0.2, 0.25) is 5.91 Å². The van der Waals surface area contributed by atoms with Gasteiger partial charge in [-0.25, -0.2) is 8.78 Å². The number of hydrogen-bond acceptors (Lipinski definition) is 3. The van der Waals surface area contributed by atoms with Gasteiger partial charge in [-0.3, -0.25) is 9.59 Å². The van der Waals surface area contributed by atoms with Crippen LogP contribution in [-0.4, -0.2) is 32.0 Å². The van der Waals surface area contributed by atoms with Crippen LogP contribution in [-0.2, 0) is 4.79 Å². The van der Waals surface area contributed by atoms with Crippen LogP contribution < -0.4 is 15.5 Å². The summed E-state index contributed by atoms with van der Waals surface area (Å²) in [6.45, 7) is 5.34. The van der Waals surface area contributed by atoms with E-state index in [4.69, 9.17) is 0 Å². The maximum absolute atomic E-state index is 13.9. The van der Waals surface area contributed by atoms with Gasteiger partial charge in [-0.05, 0) is 48.7 Å².